The Morgan fingerprint density at radius 2 is 2.06 bits per heavy atom. The van der Waals surface area contributed by atoms with E-state index < -0.39 is 0 Å². The number of hydrogen-bond acceptors (Lipinski definition) is 3. The van der Waals surface area contributed by atoms with Gasteiger partial charge in [-0.25, -0.2) is 0 Å². The summed E-state index contributed by atoms with van der Waals surface area (Å²) in [6.07, 6.45) is 7.38. The van der Waals surface area contributed by atoms with Gasteiger partial charge >= 0.3 is 0 Å². The lowest BCUT2D eigenvalue weighted by Gasteiger charge is -2.30. The fraction of sp³-hybridized carbons (Fsp3) is 0.917. The first-order chi connectivity index (χ1) is 7.67. The van der Waals surface area contributed by atoms with E-state index in [2.05, 4.69) is 17.4 Å². The number of nitrogens with zero attached hydrogens (tertiary/aromatic N) is 1. The molecule has 4 heteroatoms. The smallest absolute Gasteiger partial charge is 0.156 e. The second kappa shape index (κ2) is 6.09. The molecule has 4 N–H and O–H groups in total. The van der Waals surface area contributed by atoms with Gasteiger partial charge in [0, 0.05) is 6.54 Å². The number of amidine groups is 1. The van der Waals surface area contributed by atoms with Crippen molar-refractivity contribution >= 4 is 5.84 Å². The Balaban J connectivity index is 2.47. The molecule has 1 saturated carbocycles. The van der Waals surface area contributed by atoms with Crippen molar-refractivity contribution in [1.82, 2.24) is 5.32 Å². The molecule has 4 nitrogen and oxygen atoms in total. The molecule has 0 aliphatic heterocycles. The first-order valence-corrected chi connectivity index (χ1v) is 6.38. The molecule has 0 aromatic heterocycles. The maximum Gasteiger partial charge on any atom is 0.156 e. The van der Waals surface area contributed by atoms with Crippen molar-refractivity contribution in [2.24, 2.45) is 16.3 Å². The molecule has 94 valence electrons. The number of nitrogens with two attached hydrogens (primary N) is 1. The van der Waals surface area contributed by atoms with Gasteiger partial charge in [-0.3, -0.25) is 0 Å². The Bertz CT molecular complexity index is 234. The van der Waals surface area contributed by atoms with Gasteiger partial charge in [0.25, 0.3) is 0 Å². The molecule has 1 aliphatic rings. The Morgan fingerprint density at radius 3 is 2.50 bits per heavy atom. The van der Waals surface area contributed by atoms with Gasteiger partial charge < -0.3 is 16.3 Å². The molecule has 0 aromatic rings. The van der Waals surface area contributed by atoms with Gasteiger partial charge in [-0.1, -0.05) is 31.8 Å². The van der Waals surface area contributed by atoms with Crippen LogP contribution in [0.15, 0.2) is 5.16 Å². The minimum absolute atomic E-state index is 0.00836. The Hall–Kier alpha value is -0.770. The van der Waals surface area contributed by atoms with Crippen LogP contribution >= 0.6 is 0 Å². The molecule has 1 fully saturated rings. The third kappa shape index (κ3) is 3.11. The van der Waals surface area contributed by atoms with Crippen LogP contribution in [-0.4, -0.2) is 23.6 Å². The molecule has 0 bridgehead atoms. The number of hydrogen-bond donors (Lipinski definition) is 3. The number of oxime groups is 1. The maximum atomic E-state index is 8.67. The fourth-order valence-electron chi connectivity index (χ4n) is 2.65. The van der Waals surface area contributed by atoms with Gasteiger partial charge in [-0.05, 0) is 31.1 Å². The van der Waals surface area contributed by atoms with Crippen LogP contribution in [0, 0.1) is 5.41 Å². The van der Waals surface area contributed by atoms with Gasteiger partial charge in [0.1, 0.15) is 0 Å². The van der Waals surface area contributed by atoms with E-state index in [0.29, 0.717) is 11.3 Å². The van der Waals surface area contributed by atoms with Gasteiger partial charge in [-0.15, -0.1) is 0 Å². The van der Waals surface area contributed by atoms with Crippen molar-refractivity contribution in [2.45, 2.75) is 58.4 Å². The highest BCUT2D eigenvalue weighted by atomic mass is 16.4. The minimum atomic E-state index is 0.00836. The lowest BCUT2D eigenvalue weighted by molar-refractivity contribution is 0.261. The van der Waals surface area contributed by atoms with Gasteiger partial charge in [-0.2, -0.15) is 0 Å². The van der Waals surface area contributed by atoms with Crippen LogP contribution in [0.5, 0.6) is 0 Å². The molecule has 0 saturated heterocycles. The molecule has 0 heterocycles. The van der Waals surface area contributed by atoms with Crippen LogP contribution in [0.4, 0.5) is 0 Å². The molecule has 0 aromatic carbocycles. The van der Waals surface area contributed by atoms with E-state index in [1.54, 1.807) is 0 Å². The van der Waals surface area contributed by atoms with Crippen LogP contribution in [0.1, 0.15) is 52.4 Å². The largest absolute Gasteiger partial charge is 0.409 e. The first kappa shape index (κ1) is 13.3. The molecule has 1 unspecified atom stereocenters. The zero-order chi connectivity index (χ0) is 12.0. The van der Waals surface area contributed by atoms with E-state index in [0.717, 1.165) is 13.0 Å². The number of nitrogens with one attached hydrogen (secondary N) is 1. The number of rotatable bonds is 6. The van der Waals surface area contributed by atoms with Crippen molar-refractivity contribution in [2.75, 3.05) is 6.54 Å². The van der Waals surface area contributed by atoms with Crippen molar-refractivity contribution < 1.29 is 5.21 Å². The molecular weight excluding hydrogens is 202 g/mol. The molecule has 16 heavy (non-hydrogen) atoms. The lowest BCUT2D eigenvalue weighted by Crippen LogP contribution is -2.45. The van der Waals surface area contributed by atoms with E-state index in [9.17, 15) is 0 Å². The Kier molecular flexibility index (Phi) is 5.06. The fourth-order valence-corrected chi connectivity index (χ4v) is 2.65. The Morgan fingerprint density at radius 1 is 1.44 bits per heavy atom. The summed E-state index contributed by atoms with van der Waals surface area (Å²) in [5.41, 5.74) is 6.08. The predicted molar refractivity (Wildman–Crippen MR) is 66.7 cm³/mol. The SMILES string of the molecule is CCC(NCC1(CC)CCCC1)C(N)=NO. The monoisotopic (exact) mass is 227 g/mol. The standard InChI is InChI=1S/C12H25N3O/c1-3-10(11(13)15-16)14-9-12(4-2)7-5-6-8-12/h10,14,16H,3-9H2,1-2H3,(H2,13,15). The highest BCUT2D eigenvalue weighted by molar-refractivity contribution is 5.85. The average molecular weight is 227 g/mol. The molecule has 1 rings (SSSR count). The van der Waals surface area contributed by atoms with Crippen LogP contribution in [0.25, 0.3) is 0 Å². The van der Waals surface area contributed by atoms with Crippen molar-refractivity contribution in [3.05, 3.63) is 0 Å². The van der Waals surface area contributed by atoms with Crippen molar-refractivity contribution in [3.63, 3.8) is 0 Å². The van der Waals surface area contributed by atoms with E-state index in [4.69, 9.17) is 10.9 Å². The third-order valence-electron chi connectivity index (χ3n) is 4.02. The molecule has 0 radical (unpaired) electrons. The zero-order valence-corrected chi connectivity index (χ0v) is 10.5. The predicted octanol–water partition coefficient (Wildman–Crippen LogP) is 2.07. The summed E-state index contributed by atoms with van der Waals surface area (Å²) in [6, 6.07) is 0.00836. The first-order valence-electron chi connectivity index (χ1n) is 6.38. The second-order valence-electron chi connectivity index (χ2n) is 4.93. The van der Waals surface area contributed by atoms with Gasteiger partial charge in [0.05, 0.1) is 6.04 Å². The quantitative estimate of drug-likeness (QED) is 0.281. The summed E-state index contributed by atoms with van der Waals surface area (Å²) in [5, 5.41) is 15.2. The molecular formula is C12H25N3O. The summed E-state index contributed by atoms with van der Waals surface area (Å²) in [5.74, 6) is 0.298. The summed E-state index contributed by atoms with van der Waals surface area (Å²) in [4.78, 5) is 0. The van der Waals surface area contributed by atoms with E-state index in [-0.39, 0.29) is 6.04 Å². The molecule has 1 aliphatic carbocycles. The van der Waals surface area contributed by atoms with E-state index in [1.165, 1.54) is 32.1 Å². The molecule has 0 spiro atoms. The summed E-state index contributed by atoms with van der Waals surface area (Å²) in [6.45, 7) is 5.29. The lowest BCUT2D eigenvalue weighted by atomic mass is 9.83. The summed E-state index contributed by atoms with van der Waals surface area (Å²) in [7, 11) is 0. The van der Waals surface area contributed by atoms with Crippen LogP contribution in [0.3, 0.4) is 0 Å². The molecule has 0 amide bonds. The summed E-state index contributed by atoms with van der Waals surface area (Å²) < 4.78 is 0. The van der Waals surface area contributed by atoms with E-state index in [1.807, 2.05) is 6.92 Å². The molecule has 1 atom stereocenters. The maximum absolute atomic E-state index is 8.67. The van der Waals surface area contributed by atoms with Gasteiger partial charge in [0.15, 0.2) is 5.84 Å². The van der Waals surface area contributed by atoms with Crippen molar-refractivity contribution in [1.29, 1.82) is 0 Å². The van der Waals surface area contributed by atoms with Crippen LogP contribution < -0.4 is 11.1 Å². The van der Waals surface area contributed by atoms with E-state index >= 15 is 0 Å². The topological polar surface area (TPSA) is 70.6 Å². The third-order valence-corrected chi connectivity index (χ3v) is 4.02. The summed E-state index contributed by atoms with van der Waals surface area (Å²) >= 11 is 0. The minimum Gasteiger partial charge on any atom is -0.409 e. The second-order valence-corrected chi connectivity index (χ2v) is 4.93. The van der Waals surface area contributed by atoms with Crippen LogP contribution in [-0.2, 0) is 0 Å². The van der Waals surface area contributed by atoms with Crippen molar-refractivity contribution in [3.8, 4) is 0 Å². The highest BCUT2D eigenvalue weighted by Gasteiger charge is 2.32. The highest BCUT2D eigenvalue weighted by Crippen LogP contribution is 2.40. The zero-order valence-electron chi connectivity index (χ0n) is 10.5. The van der Waals surface area contributed by atoms with Gasteiger partial charge in [0.2, 0.25) is 0 Å². The van der Waals surface area contributed by atoms with Crippen LogP contribution in [0.2, 0.25) is 0 Å². The average Bonchev–Trinajstić information content (AvgIpc) is 2.79. The Labute approximate surface area is 98.3 Å². The normalized spacial score (nSPS) is 22.2.